The van der Waals surface area contributed by atoms with Gasteiger partial charge in [-0.05, 0) is 26.0 Å². The highest BCUT2D eigenvalue weighted by atomic mass is 16.6. The van der Waals surface area contributed by atoms with E-state index in [9.17, 15) is 10.1 Å². The van der Waals surface area contributed by atoms with Crippen LogP contribution in [0.25, 0.3) is 5.69 Å². The number of aromatic nitrogens is 4. The van der Waals surface area contributed by atoms with Crippen molar-refractivity contribution in [2.24, 2.45) is 7.05 Å². The van der Waals surface area contributed by atoms with E-state index in [-0.39, 0.29) is 5.69 Å². The van der Waals surface area contributed by atoms with Gasteiger partial charge in [-0.3, -0.25) is 10.1 Å². The van der Waals surface area contributed by atoms with Crippen molar-refractivity contribution in [2.75, 3.05) is 5.32 Å². The first-order valence-electron chi connectivity index (χ1n) is 7.04. The number of nitrogens with zero attached hydrogens (tertiary/aromatic N) is 5. The highest BCUT2D eigenvalue weighted by Crippen LogP contribution is 2.31. The first kappa shape index (κ1) is 14.8. The summed E-state index contributed by atoms with van der Waals surface area (Å²) in [6, 6.07) is 9.68. The molecule has 2 heterocycles. The molecule has 2 aromatic heterocycles. The summed E-state index contributed by atoms with van der Waals surface area (Å²) in [4.78, 5) is 10.8. The zero-order valence-corrected chi connectivity index (χ0v) is 13.0. The van der Waals surface area contributed by atoms with Crippen molar-refractivity contribution in [3.63, 3.8) is 0 Å². The molecule has 3 rings (SSSR count). The predicted molar refractivity (Wildman–Crippen MR) is 86.2 cm³/mol. The molecule has 3 aromatic rings. The molecule has 0 spiro atoms. The molecule has 0 saturated heterocycles. The van der Waals surface area contributed by atoms with Gasteiger partial charge in [0.05, 0.1) is 28.2 Å². The highest BCUT2D eigenvalue weighted by molar-refractivity contribution is 5.68. The summed E-state index contributed by atoms with van der Waals surface area (Å²) in [5.74, 6) is 0.336. The maximum atomic E-state index is 11.2. The van der Waals surface area contributed by atoms with Crippen LogP contribution in [0.2, 0.25) is 0 Å². The molecule has 23 heavy (non-hydrogen) atoms. The van der Waals surface area contributed by atoms with E-state index in [0.717, 1.165) is 11.4 Å². The molecule has 0 fully saturated rings. The smallest absolute Gasteiger partial charge is 0.332 e. The van der Waals surface area contributed by atoms with Crippen molar-refractivity contribution in [3.8, 4) is 5.69 Å². The Balaban J connectivity index is 2.00. The van der Waals surface area contributed by atoms with Crippen LogP contribution in [0.3, 0.4) is 0 Å². The molecular formula is C15H16N6O2. The Labute approximate surface area is 132 Å². The molecule has 0 aliphatic rings. The van der Waals surface area contributed by atoms with Crippen molar-refractivity contribution in [2.45, 2.75) is 13.8 Å². The van der Waals surface area contributed by atoms with Crippen molar-refractivity contribution >= 4 is 17.2 Å². The second kappa shape index (κ2) is 5.56. The molecule has 0 aliphatic heterocycles. The first-order chi connectivity index (χ1) is 11.0. The number of benzene rings is 1. The number of nitro groups is 1. The lowest BCUT2D eigenvalue weighted by molar-refractivity contribution is -0.384. The van der Waals surface area contributed by atoms with E-state index in [1.807, 2.05) is 37.3 Å². The van der Waals surface area contributed by atoms with E-state index in [1.54, 1.807) is 24.9 Å². The minimum absolute atomic E-state index is 0.0284. The summed E-state index contributed by atoms with van der Waals surface area (Å²) in [6.07, 6.45) is 1.65. The predicted octanol–water partition coefficient (Wildman–Crippen LogP) is 2.87. The molecule has 0 atom stereocenters. The van der Waals surface area contributed by atoms with Gasteiger partial charge in [0, 0.05) is 7.05 Å². The molecule has 1 N–H and O–H groups in total. The van der Waals surface area contributed by atoms with Crippen LogP contribution >= 0.6 is 0 Å². The Hall–Kier alpha value is -3.16. The van der Waals surface area contributed by atoms with Crippen LogP contribution in [0.5, 0.6) is 0 Å². The quantitative estimate of drug-likeness (QED) is 0.591. The number of nitrogens with one attached hydrogen (secondary N) is 1. The van der Waals surface area contributed by atoms with Crippen LogP contribution in [0.4, 0.5) is 17.2 Å². The average Bonchev–Trinajstić information content (AvgIpc) is 3.01. The summed E-state index contributed by atoms with van der Waals surface area (Å²) in [7, 11) is 1.67. The summed E-state index contributed by atoms with van der Waals surface area (Å²) < 4.78 is 3.24. The number of hydrogen-bond acceptors (Lipinski definition) is 5. The second-order valence-electron chi connectivity index (χ2n) is 5.18. The van der Waals surface area contributed by atoms with Gasteiger partial charge < -0.3 is 5.32 Å². The van der Waals surface area contributed by atoms with Crippen LogP contribution in [0, 0.1) is 24.0 Å². The van der Waals surface area contributed by atoms with E-state index >= 15 is 0 Å². The molecule has 118 valence electrons. The molecule has 0 radical (unpaired) electrons. The molecular weight excluding hydrogens is 296 g/mol. The van der Waals surface area contributed by atoms with Crippen LogP contribution in [-0.2, 0) is 7.05 Å². The minimum Gasteiger partial charge on any atom is -0.332 e. The molecule has 0 bridgehead atoms. The molecule has 8 heteroatoms. The molecule has 0 aliphatic carbocycles. The van der Waals surface area contributed by atoms with Crippen LogP contribution in [0.15, 0.2) is 36.5 Å². The minimum atomic E-state index is -0.429. The average molecular weight is 312 g/mol. The van der Waals surface area contributed by atoms with Crippen molar-refractivity contribution in [1.29, 1.82) is 0 Å². The fourth-order valence-electron chi connectivity index (χ4n) is 2.50. The molecule has 1 aromatic carbocycles. The standard InChI is InChI=1S/C15H16N6O2/c1-10-14(21(22)23)15(19(3)18-10)17-13-9-16-20(11(13)2)12-7-5-4-6-8-12/h4-9,17H,1-3H3. The van der Waals surface area contributed by atoms with E-state index in [2.05, 4.69) is 15.5 Å². The monoisotopic (exact) mass is 312 g/mol. The highest BCUT2D eigenvalue weighted by Gasteiger charge is 2.25. The third-order valence-corrected chi connectivity index (χ3v) is 3.64. The number of para-hydroxylation sites is 1. The zero-order valence-electron chi connectivity index (χ0n) is 13.0. The summed E-state index contributed by atoms with van der Waals surface area (Å²) in [6.45, 7) is 3.51. The molecule has 8 nitrogen and oxygen atoms in total. The Bertz CT molecular complexity index is 866. The second-order valence-corrected chi connectivity index (χ2v) is 5.18. The number of rotatable bonds is 4. The van der Waals surface area contributed by atoms with Crippen molar-refractivity contribution < 1.29 is 4.92 Å². The van der Waals surface area contributed by atoms with E-state index in [0.29, 0.717) is 17.2 Å². The maximum absolute atomic E-state index is 11.2. The lowest BCUT2D eigenvalue weighted by Gasteiger charge is -2.07. The van der Waals surface area contributed by atoms with Crippen molar-refractivity contribution in [1.82, 2.24) is 19.6 Å². The molecule has 0 saturated carbocycles. The SMILES string of the molecule is Cc1nn(C)c(Nc2cnn(-c3ccccc3)c2C)c1[N+](=O)[O-]. The van der Waals surface area contributed by atoms with Gasteiger partial charge >= 0.3 is 5.69 Å². The van der Waals surface area contributed by atoms with E-state index in [1.165, 1.54) is 4.68 Å². The third kappa shape index (κ3) is 2.54. The van der Waals surface area contributed by atoms with Gasteiger partial charge in [-0.15, -0.1) is 0 Å². The van der Waals surface area contributed by atoms with Crippen LogP contribution in [0.1, 0.15) is 11.4 Å². The topological polar surface area (TPSA) is 90.8 Å². The zero-order chi connectivity index (χ0) is 16.6. The Kier molecular flexibility index (Phi) is 3.57. The largest absolute Gasteiger partial charge is 0.334 e. The van der Waals surface area contributed by atoms with Gasteiger partial charge in [-0.2, -0.15) is 10.2 Å². The summed E-state index contributed by atoms with van der Waals surface area (Å²) in [5, 5.41) is 22.8. The normalized spacial score (nSPS) is 10.7. The maximum Gasteiger partial charge on any atom is 0.334 e. The fourth-order valence-corrected chi connectivity index (χ4v) is 2.50. The van der Waals surface area contributed by atoms with Crippen LogP contribution in [-0.4, -0.2) is 24.5 Å². The Morgan fingerprint density at radius 1 is 1.22 bits per heavy atom. The summed E-state index contributed by atoms with van der Waals surface area (Å²) >= 11 is 0. The van der Waals surface area contributed by atoms with Gasteiger partial charge in [-0.1, -0.05) is 18.2 Å². The lowest BCUT2D eigenvalue weighted by Crippen LogP contribution is -2.03. The molecule has 0 unspecified atom stereocenters. The van der Waals surface area contributed by atoms with E-state index in [4.69, 9.17) is 0 Å². The van der Waals surface area contributed by atoms with E-state index < -0.39 is 4.92 Å². The lowest BCUT2D eigenvalue weighted by atomic mass is 10.3. The van der Waals surface area contributed by atoms with Gasteiger partial charge in [0.2, 0.25) is 5.82 Å². The van der Waals surface area contributed by atoms with Crippen molar-refractivity contribution in [3.05, 3.63) is 58.0 Å². The van der Waals surface area contributed by atoms with Gasteiger partial charge in [0.1, 0.15) is 5.69 Å². The van der Waals surface area contributed by atoms with Gasteiger partial charge in [0.25, 0.3) is 0 Å². The van der Waals surface area contributed by atoms with Gasteiger partial charge in [0.15, 0.2) is 0 Å². The number of hydrogen-bond donors (Lipinski definition) is 1. The Morgan fingerprint density at radius 3 is 2.57 bits per heavy atom. The van der Waals surface area contributed by atoms with Crippen LogP contribution < -0.4 is 5.32 Å². The Morgan fingerprint density at radius 2 is 1.91 bits per heavy atom. The number of aryl methyl sites for hydroxylation is 2. The van der Waals surface area contributed by atoms with Gasteiger partial charge in [-0.25, -0.2) is 9.36 Å². The summed E-state index contributed by atoms with van der Waals surface area (Å²) in [5.41, 5.74) is 2.81. The molecule has 0 amide bonds. The third-order valence-electron chi connectivity index (χ3n) is 3.64. The number of anilines is 2. The first-order valence-corrected chi connectivity index (χ1v) is 7.04. The fraction of sp³-hybridized carbons (Fsp3) is 0.200.